The molecule has 2 aromatic heterocycles. The molecule has 0 spiro atoms. The summed E-state index contributed by atoms with van der Waals surface area (Å²) in [6, 6.07) is 16.5. The number of aromatic nitrogens is 2. The number of hydrogen-bond acceptors (Lipinski definition) is 4. The first-order valence-electron chi connectivity index (χ1n) is 12.1. The second-order valence-corrected chi connectivity index (χ2v) is 9.55. The van der Waals surface area contributed by atoms with E-state index in [9.17, 15) is 14.7 Å². The molecule has 2 aromatic carbocycles. The smallest absolute Gasteiger partial charge is 0.323 e. The number of aryl methyl sites for hydroxylation is 1. The third kappa shape index (κ3) is 4.75. The van der Waals surface area contributed by atoms with E-state index in [0.29, 0.717) is 22.3 Å². The predicted molar refractivity (Wildman–Crippen MR) is 146 cm³/mol. The van der Waals surface area contributed by atoms with Crippen LogP contribution in [0, 0.1) is 0 Å². The van der Waals surface area contributed by atoms with Crippen LogP contribution >= 0.6 is 0 Å². The van der Waals surface area contributed by atoms with Crippen molar-refractivity contribution < 1.29 is 9.90 Å². The fraction of sp³-hybridized carbons (Fsp3) is 0.276. The number of aliphatic hydroxyl groups is 1. The van der Waals surface area contributed by atoms with E-state index in [1.165, 1.54) is 4.57 Å². The van der Waals surface area contributed by atoms with Gasteiger partial charge >= 0.3 is 6.03 Å². The van der Waals surface area contributed by atoms with Crippen LogP contribution < -0.4 is 16.2 Å². The molecule has 0 bridgehead atoms. The number of anilines is 2. The Balaban J connectivity index is 1.86. The van der Waals surface area contributed by atoms with Gasteiger partial charge < -0.3 is 15.7 Å². The normalized spacial score (nSPS) is 11.3. The van der Waals surface area contributed by atoms with Gasteiger partial charge in [0.25, 0.3) is 5.56 Å². The van der Waals surface area contributed by atoms with Gasteiger partial charge in [-0.3, -0.25) is 9.36 Å². The highest BCUT2D eigenvalue weighted by Crippen LogP contribution is 2.35. The molecule has 0 radical (unpaired) electrons. The third-order valence-electron chi connectivity index (χ3n) is 6.39. The van der Waals surface area contributed by atoms with Crippen molar-refractivity contribution in [2.75, 3.05) is 10.6 Å². The van der Waals surface area contributed by atoms with Gasteiger partial charge in [0.15, 0.2) is 0 Å². The van der Waals surface area contributed by atoms with Crippen LogP contribution in [0.25, 0.3) is 22.2 Å². The maximum atomic E-state index is 13.5. The molecule has 0 saturated heterocycles. The molecule has 0 unspecified atom stereocenters. The predicted octanol–water partition coefficient (Wildman–Crippen LogP) is 5.98. The van der Waals surface area contributed by atoms with Crippen LogP contribution in [0.1, 0.15) is 56.2 Å². The lowest BCUT2D eigenvalue weighted by Gasteiger charge is -2.21. The van der Waals surface area contributed by atoms with Crippen LogP contribution in [0.4, 0.5) is 16.2 Å². The highest BCUT2D eigenvalue weighted by molar-refractivity contribution is 6.07. The summed E-state index contributed by atoms with van der Waals surface area (Å²) in [6.45, 7) is 8.20. The molecule has 0 aliphatic rings. The summed E-state index contributed by atoms with van der Waals surface area (Å²) >= 11 is 0. The number of aliphatic hydroxyl groups excluding tert-OH is 1. The van der Waals surface area contributed by atoms with Crippen molar-refractivity contribution in [2.24, 2.45) is 7.05 Å². The van der Waals surface area contributed by atoms with E-state index in [1.54, 1.807) is 25.4 Å². The number of carbonyl (C=O) groups is 1. The number of pyridine rings is 2. The van der Waals surface area contributed by atoms with Crippen LogP contribution in [0.2, 0.25) is 0 Å². The van der Waals surface area contributed by atoms with Crippen molar-refractivity contribution in [1.82, 2.24) is 9.55 Å². The highest BCUT2D eigenvalue weighted by Gasteiger charge is 2.21. The Morgan fingerprint density at radius 3 is 2.22 bits per heavy atom. The summed E-state index contributed by atoms with van der Waals surface area (Å²) in [5.74, 6) is 0.408. The molecule has 0 aliphatic heterocycles. The Kier molecular flexibility index (Phi) is 7.22. The Morgan fingerprint density at radius 1 is 0.944 bits per heavy atom. The standard InChI is InChI=1S/C29H32N4O3/c1-17(2)21-11-7-12-22(18(3)4)25(21)31-29(36)32-26-24(20-10-6-9-19(15-20)16-34)23-13-8-14-30-27(23)33(5)28(26)35/h6-15,17-18,34H,16H2,1-5H3,(H2,31,32,36). The summed E-state index contributed by atoms with van der Waals surface area (Å²) in [6.07, 6.45) is 1.63. The minimum absolute atomic E-state index is 0.137. The summed E-state index contributed by atoms with van der Waals surface area (Å²) in [4.78, 5) is 31.3. The molecule has 2 heterocycles. The fourth-order valence-corrected chi connectivity index (χ4v) is 4.56. The van der Waals surface area contributed by atoms with Crippen molar-refractivity contribution in [1.29, 1.82) is 0 Å². The maximum absolute atomic E-state index is 13.5. The van der Waals surface area contributed by atoms with Gasteiger partial charge in [0.2, 0.25) is 0 Å². The Bertz CT molecular complexity index is 1460. The molecule has 4 aromatic rings. The van der Waals surface area contributed by atoms with Crippen molar-refractivity contribution >= 4 is 28.4 Å². The second-order valence-electron chi connectivity index (χ2n) is 9.55. The lowest BCUT2D eigenvalue weighted by atomic mass is 9.93. The van der Waals surface area contributed by atoms with Crippen LogP contribution in [-0.2, 0) is 13.7 Å². The molecule has 186 valence electrons. The van der Waals surface area contributed by atoms with Crippen LogP contribution in [0.5, 0.6) is 0 Å². The van der Waals surface area contributed by atoms with Gasteiger partial charge in [-0.15, -0.1) is 0 Å². The average molecular weight is 485 g/mol. The Labute approximate surface area is 210 Å². The topological polar surface area (TPSA) is 96.2 Å². The number of benzene rings is 2. The molecule has 0 saturated carbocycles. The van der Waals surface area contributed by atoms with Crippen molar-refractivity contribution in [3.05, 3.63) is 87.8 Å². The molecular formula is C29H32N4O3. The zero-order valence-electron chi connectivity index (χ0n) is 21.3. The van der Waals surface area contributed by atoms with E-state index in [1.807, 2.05) is 42.5 Å². The first-order chi connectivity index (χ1) is 17.2. The van der Waals surface area contributed by atoms with Gasteiger partial charge in [-0.1, -0.05) is 64.1 Å². The molecule has 7 heteroatoms. The van der Waals surface area contributed by atoms with Gasteiger partial charge in [-0.05, 0) is 52.3 Å². The second kappa shape index (κ2) is 10.3. The number of hydrogen-bond donors (Lipinski definition) is 3. The molecule has 3 N–H and O–H groups in total. The van der Waals surface area contributed by atoms with Gasteiger partial charge in [0, 0.05) is 29.9 Å². The number of para-hydroxylation sites is 1. The monoisotopic (exact) mass is 484 g/mol. The van der Waals surface area contributed by atoms with Gasteiger partial charge in [-0.2, -0.15) is 0 Å². The number of urea groups is 1. The average Bonchev–Trinajstić information content (AvgIpc) is 2.87. The molecule has 36 heavy (non-hydrogen) atoms. The largest absolute Gasteiger partial charge is 0.392 e. The number of rotatable bonds is 6. The van der Waals surface area contributed by atoms with E-state index >= 15 is 0 Å². The number of nitrogens with one attached hydrogen (secondary N) is 2. The van der Waals surface area contributed by atoms with Crippen molar-refractivity contribution in [3.8, 4) is 11.1 Å². The zero-order valence-corrected chi connectivity index (χ0v) is 21.3. The maximum Gasteiger partial charge on any atom is 0.323 e. The van der Waals surface area contributed by atoms with E-state index < -0.39 is 6.03 Å². The molecule has 0 aliphatic carbocycles. The Hall–Kier alpha value is -3.97. The number of nitrogens with zero attached hydrogens (tertiary/aromatic N) is 2. The quantitative estimate of drug-likeness (QED) is 0.313. The third-order valence-corrected chi connectivity index (χ3v) is 6.39. The Morgan fingerprint density at radius 2 is 1.58 bits per heavy atom. The minimum Gasteiger partial charge on any atom is -0.392 e. The number of amides is 2. The summed E-state index contributed by atoms with van der Waals surface area (Å²) < 4.78 is 1.44. The lowest BCUT2D eigenvalue weighted by Crippen LogP contribution is -2.29. The van der Waals surface area contributed by atoms with Gasteiger partial charge in [0.05, 0.1) is 6.61 Å². The molecular weight excluding hydrogens is 452 g/mol. The molecule has 0 atom stereocenters. The molecule has 4 rings (SSSR count). The summed E-state index contributed by atoms with van der Waals surface area (Å²) in [7, 11) is 1.64. The molecule has 0 fully saturated rings. The van der Waals surface area contributed by atoms with Crippen LogP contribution in [-0.4, -0.2) is 20.7 Å². The summed E-state index contributed by atoms with van der Waals surface area (Å²) in [5.41, 5.74) is 5.08. The van der Waals surface area contributed by atoms with Gasteiger partial charge in [-0.25, -0.2) is 9.78 Å². The first-order valence-corrected chi connectivity index (χ1v) is 12.1. The van der Waals surface area contributed by atoms with E-state index in [-0.39, 0.29) is 29.7 Å². The summed E-state index contributed by atoms with van der Waals surface area (Å²) in [5, 5.41) is 16.3. The minimum atomic E-state index is -0.495. The SMILES string of the molecule is CC(C)c1cccc(C(C)C)c1NC(=O)Nc1c(-c2cccc(CO)c2)c2cccnc2n(C)c1=O. The van der Waals surface area contributed by atoms with E-state index in [4.69, 9.17) is 0 Å². The lowest BCUT2D eigenvalue weighted by molar-refractivity contribution is 0.262. The van der Waals surface area contributed by atoms with Gasteiger partial charge in [0.1, 0.15) is 11.3 Å². The van der Waals surface area contributed by atoms with Crippen LogP contribution in [0.3, 0.4) is 0 Å². The fourth-order valence-electron chi connectivity index (χ4n) is 4.56. The zero-order chi connectivity index (χ0) is 26.0. The number of carbonyl (C=O) groups excluding carboxylic acids is 1. The number of fused-ring (bicyclic) bond motifs is 1. The van der Waals surface area contributed by atoms with Crippen molar-refractivity contribution in [2.45, 2.75) is 46.1 Å². The molecule has 2 amide bonds. The molecule has 7 nitrogen and oxygen atoms in total. The van der Waals surface area contributed by atoms with E-state index in [0.717, 1.165) is 22.2 Å². The van der Waals surface area contributed by atoms with Crippen molar-refractivity contribution in [3.63, 3.8) is 0 Å². The highest BCUT2D eigenvalue weighted by atomic mass is 16.3. The first kappa shape index (κ1) is 25.1. The van der Waals surface area contributed by atoms with Crippen LogP contribution in [0.15, 0.2) is 65.6 Å². The van der Waals surface area contributed by atoms with E-state index in [2.05, 4.69) is 43.3 Å².